The van der Waals surface area contributed by atoms with Crippen LogP contribution in [0.25, 0.3) is 0 Å². The molecule has 0 aliphatic carbocycles. The van der Waals surface area contributed by atoms with Crippen LogP contribution >= 0.6 is 11.6 Å². The van der Waals surface area contributed by atoms with Crippen LogP contribution < -0.4 is 27.2 Å². The van der Waals surface area contributed by atoms with Crippen molar-refractivity contribution in [1.29, 1.82) is 0 Å². The molecule has 0 atom stereocenters. The number of carbonyl (C=O) groups excluding carboxylic acids is 1. The number of piperidine rings is 1. The van der Waals surface area contributed by atoms with Crippen molar-refractivity contribution in [1.82, 2.24) is 9.13 Å². The number of nitrogens with zero attached hydrogens (tertiary/aromatic N) is 3. The van der Waals surface area contributed by atoms with E-state index in [1.807, 2.05) is 17.9 Å². The number of methoxy groups -OCH3 is 1. The van der Waals surface area contributed by atoms with E-state index in [1.54, 1.807) is 12.1 Å². The van der Waals surface area contributed by atoms with Crippen LogP contribution in [0.1, 0.15) is 24.8 Å². The highest BCUT2D eigenvalue weighted by molar-refractivity contribution is 6.33. The Morgan fingerprint density at radius 2 is 1.90 bits per heavy atom. The molecule has 9 nitrogen and oxygen atoms in total. The highest BCUT2D eigenvalue weighted by atomic mass is 35.5. The van der Waals surface area contributed by atoms with E-state index < -0.39 is 23.7 Å². The number of nitrogens with one attached hydrogen (secondary N) is 1. The molecule has 31 heavy (non-hydrogen) atoms. The van der Waals surface area contributed by atoms with Gasteiger partial charge in [0.2, 0.25) is 5.91 Å². The summed E-state index contributed by atoms with van der Waals surface area (Å²) in [6, 6.07) is 5.21. The number of amides is 1. The predicted octanol–water partition coefficient (Wildman–Crippen LogP) is 1.83. The molecule has 1 aromatic carbocycles. The minimum atomic E-state index is -0.648. The van der Waals surface area contributed by atoms with Gasteiger partial charge in [-0.3, -0.25) is 14.2 Å². The maximum atomic E-state index is 13.2. The third-order valence-corrected chi connectivity index (χ3v) is 5.65. The van der Waals surface area contributed by atoms with Crippen LogP contribution in [-0.4, -0.2) is 41.8 Å². The summed E-state index contributed by atoms with van der Waals surface area (Å²) in [6.45, 7) is 3.20. The van der Waals surface area contributed by atoms with Crippen molar-refractivity contribution in [2.75, 3.05) is 42.8 Å². The molecule has 0 radical (unpaired) electrons. The number of aryl methyl sites for hydroxylation is 1. The van der Waals surface area contributed by atoms with Crippen LogP contribution in [0.5, 0.6) is 0 Å². The fourth-order valence-electron chi connectivity index (χ4n) is 3.71. The van der Waals surface area contributed by atoms with Crippen molar-refractivity contribution >= 4 is 34.7 Å². The van der Waals surface area contributed by atoms with Gasteiger partial charge < -0.3 is 20.7 Å². The molecule has 1 aliphatic rings. The highest BCUT2D eigenvalue weighted by Crippen LogP contribution is 2.23. The van der Waals surface area contributed by atoms with Crippen molar-refractivity contribution in [3.05, 3.63) is 49.6 Å². The SMILES string of the molecule is COCCn1c(N)c(N2CCCCC2)c(=O)n(CC(=O)Nc2ccc(C)cc2Cl)c1=O. The summed E-state index contributed by atoms with van der Waals surface area (Å²) in [4.78, 5) is 40.8. The zero-order valence-electron chi connectivity index (χ0n) is 17.8. The highest BCUT2D eigenvalue weighted by Gasteiger charge is 2.24. The van der Waals surface area contributed by atoms with Crippen LogP contribution in [0.15, 0.2) is 27.8 Å². The second-order valence-corrected chi connectivity index (χ2v) is 8.04. The zero-order valence-corrected chi connectivity index (χ0v) is 18.6. The van der Waals surface area contributed by atoms with E-state index in [2.05, 4.69) is 5.32 Å². The number of nitrogen functional groups attached to an aromatic ring is 1. The topological polar surface area (TPSA) is 112 Å². The summed E-state index contributed by atoms with van der Waals surface area (Å²) < 4.78 is 7.30. The average molecular weight is 450 g/mol. The van der Waals surface area contributed by atoms with Crippen LogP contribution in [0.4, 0.5) is 17.2 Å². The molecule has 1 amide bonds. The largest absolute Gasteiger partial charge is 0.383 e. The molecular formula is C21H28ClN5O4. The average Bonchev–Trinajstić information content (AvgIpc) is 2.74. The van der Waals surface area contributed by atoms with Gasteiger partial charge in [-0.25, -0.2) is 9.36 Å². The normalized spacial score (nSPS) is 14.0. The van der Waals surface area contributed by atoms with E-state index in [4.69, 9.17) is 22.1 Å². The molecule has 0 unspecified atom stereocenters. The quantitative estimate of drug-likeness (QED) is 0.667. The maximum absolute atomic E-state index is 13.2. The fourth-order valence-corrected chi connectivity index (χ4v) is 3.99. The van der Waals surface area contributed by atoms with Crippen molar-refractivity contribution < 1.29 is 9.53 Å². The smallest absolute Gasteiger partial charge is 0.333 e. The number of hydrogen-bond donors (Lipinski definition) is 2. The van der Waals surface area contributed by atoms with E-state index in [9.17, 15) is 14.4 Å². The Morgan fingerprint density at radius 3 is 2.55 bits per heavy atom. The molecule has 1 fully saturated rings. The molecule has 2 heterocycles. The van der Waals surface area contributed by atoms with Crippen LogP contribution in [-0.2, 0) is 22.6 Å². The Balaban J connectivity index is 1.98. The molecule has 2 aromatic rings. The third kappa shape index (κ3) is 5.11. The zero-order chi connectivity index (χ0) is 22.5. The van der Waals surface area contributed by atoms with Crippen LogP contribution in [0.3, 0.4) is 0 Å². The molecule has 168 valence electrons. The third-order valence-electron chi connectivity index (χ3n) is 5.33. The van der Waals surface area contributed by atoms with E-state index >= 15 is 0 Å². The molecule has 1 aliphatic heterocycles. The standard InChI is InChI=1S/C21H28ClN5O4/c1-14-6-7-16(15(22)12-14)24-17(28)13-27-20(29)18(25-8-4-3-5-9-25)19(23)26(21(27)30)10-11-31-2/h6-7,12H,3-5,8-11,13,23H2,1-2H3,(H,24,28). The van der Waals surface area contributed by atoms with Gasteiger partial charge in [0, 0.05) is 20.2 Å². The van der Waals surface area contributed by atoms with Gasteiger partial charge in [0.25, 0.3) is 5.56 Å². The van der Waals surface area contributed by atoms with Crippen molar-refractivity contribution in [2.45, 2.75) is 39.3 Å². The van der Waals surface area contributed by atoms with Gasteiger partial charge in [0.05, 0.1) is 23.9 Å². The second-order valence-electron chi connectivity index (χ2n) is 7.63. The molecule has 1 saturated heterocycles. The van der Waals surface area contributed by atoms with Gasteiger partial charge in [0.15, 0.2) is 0 Å². The number of anilines is 3. The lowest BCUT2D eigenvalue weighted by molar-refractivity contribution is -0.116. The van der Waals surface area contributed by atoms with Gasteiger partial charge in [-0.1, -0.05) is 17.7 Å². The first-order chi connectivity index (χ1) is 14.8. The number of benzene rings is 1. The fraction of sp³-hybridized carbons (Fsp3) is 0.476. The summed E-state index contributed by atoms with van der Waals surface area (Å²) >= 11 is 6.18. The number of rotatable bonds is 7. The lowest BCUT2D eigenvalue weighted by atomic mass is 10.1. The van der Waals surface area contributed by atoms with Crippen molar-refractivity contribution in [3.8, 4) is 0 Å². The molecule has 10 heteroatoms. The number of carbonyl (C=O) groups is 1. The lowest BCUT2D eigenvalue weighted by Crippen LogP contribution is -2.47. The Bertz CT molecular complexity index is 1070. The van der Waals surface area contributed by atoms with Crippen molar-refractivity contribution in [3.63, 3.8) is 0 Å². The van der Waals surface area contributed by atoms with E-state index in [0.29, 0.717) is 23.8 Å². The number of hydrogen-bond acceptors (Lipinski definition) is 6. The molecule has 3 N–H and O–H groups in total. The van der Waals surface area contributed by atoms with Crippen LogP contribution in [0.2, 0.25) is 5.02 Å². The second kappa shape index (κ2) is 10.0. The van der Waals surface area contributed by atoms with E-state index in [1.165, 1.54) is 11.7 Å². The molecular weight excluding hydrogens is 422 g/mol. The van der Waals surface area contributed by atoms with Gasteiger partial charge in [0.1, 0.15) is 18.1 Å². The van der Waals surface area contributed by atoms with Gasteiger partial charge in [-0.15, -0.1) is 0 Å². The number of nitrogens with two attached hydrogens (primary N) is 1. The summed E-state index contributed by atoms with van der Waals surface area (Å²) in [5.74, 6) is -0.426. The first-order valence-electron chi connectivity index (χ1n) is 10.3. The van der Waals surface area contributed by atoms with E-state index in [0.717, 1.165) is 29.4 Å². The van der Waals surface area contributed by atoms with Gasteiger partial charge in [-0.2, -0.15) is 0 Å². The summed E-state index contributed by atoms with van der Waals surface area (Å²) in [5, 5.41) is 3.05. The summed E-state index contributed by atoms with van der Waals surface area (Å²) in [5.41, 5.74) is 6.66. The number of ether oxygens (including phenoxy) is 1. The monoisotopic (exact) mass is 449 g/mol. The molecule has 0 saturated carbocycles. The first-order valence-corrected chi connectivity index (χ1v) is 10.6. The van der Waals surface area contributed by atoms with Gasteiger partial charge in [-0.05, 0) is 43.9 Å². The molecule has 0 spiro atoms. The Kier molecular flexibility index (Phi) is 7.40. The van der Waals surface area contributed by atoms with E-state index in [-0.39, 0.29) is 24.7 Å². The number of aromatic nitrogens is 2. The van der Waals surface area contributed by atoms with Crippen LogP contribution in [0, 0.1) is 6.92 Å². The molecule has 0 bridgehead atoms. The lowest BCUT2D eigenvalue weighted by Gasteiger charge is -2.30. The Morgan fingerprint density at radius 1 is 1.19 bits per heavy atom. The molecule has 1 aromatic heterocycles. The van der Waals surface area contributed by atoms with Crippen molar-refractivity contribution in [2.24, 2.45) is 0 Å². The predicted molar refractivity (Wildman–Crippen MR) is 122 cm³/mol. The Labute approximate surface area is 185 Å². The molecule has 3 rings (SSSR count). The summed E-state index contributed by atoms with van der Waals surface area (Å²) in [6.07, 6.45) is 2.94. The summed E-state index contributed by atoms with van der Waals surface area (Å²) in [7, 11) is 1.52. The number of halogens is 1. The Hall–Kier alpha value is -2.78. The van der Waals surface area contributed by atoms with Gasteiger partial charge >= 0.3 is 5.69 Å². The first kappa shape index (κ1) is 22.9. The maximum Gasteiger partial charge on any atom is 0.333 e. The minimum Gasteiger partial charge on any atom is -0.383 e. The minimum absolute atomic E-state index is 0.104.